The summed E-state index contributed by atoms with van der Waals surface area (Å²) in [4.78, 5) is 20.7. The Kier molecular flexibility index (Phi) is 3.78. The Labute approximate surface area is 128 Å². The summed E-state index contributed by atoms with van der Waals surface area (Å²) >= 11 is 8.69. The molecule has 3 aromatic rings. The van der Waals surface area contributed by atoms with Gasteiger partial charge in [0.15, 0.2) is 5.16 Å². The molecule has 3 heterocycles. The molecule has 3 rings (SSSR count). The van der Waals surface area contributed by atoms with Gasteiger partial charge in [-0.3, -0.25) is 9.36 Å². The van der Waals surface area contributed by atoms with E-state index >= 15 is 0 Å². The second kappa shape index (κ2) is 5.55. The minimum absolute atomic E-state index is 0.00160. The number of aromatic nitrogens is 3. The molecule has 0 amide bonds. The average molecular weight is 324 g/mol. The number of nitrogens with zero attached hydrogens (tertiary/aromatic N) is 3. The standard InChI is InChI=1S/C13H10ClN3OS2/c1-17-12(18)11-9(4-5-19-11)16-13(17)20-7-8-2-3-10(14)15-6-8/h2-6H,7H2,1H3. The van der Waals surface area contributed by atoms with E-state index in [1.807, 2.05) is 17.5 Å². The molecule has 0 saturated heterocycles. The molecule has 4 nitrogen and oxygen atoms in total. The van der Waals surface area contributed by atoms with E-state index in [9.17, 15) is 4.79 Å². The van der Waals surface area contributed by atoms with Gasteiger partial charge in [-0.1, -0.05) is 29.4 Å². The molecule has 20 heavy (non-hydrogen) atoms. The zero-order valence-electron chi connectivity index (χ0n) is 10.5. The van der Waals surface area contributed by atoms with E-state index in [-0.39, 0.29) is 5.56 Å². The van der Waals surface area contributed by atoms with E-state index in [0.717, 1.165) is 11.1 Å². The maximum absolute atomic E-state index is 12.2. The van der Waals surface area contributed by atoms with Crippen molar-refractivity contribution in [2.24, 2.45) is 7.05 Å². The smallest absolute Gasteiger partial charge is 0.271 e. The Morgan fingerprint density at radius 2 is 2.25 bits per heavy atom. The van der Waals surface area contributed by atoms with Gasteiger partial charge >= 0.3 is 0 Å². The molecule has 0 aliphatic rings. The molecule has 0 atom stereocenters. The lowest BCUT2D eigenvalue weighted by molar-refractivity contribution is 0.728. The van der Waals surface area contributed by atoms with Crippen molar-refractivity contribution >= 4 is 44.9 Å². The predicted octanol–water partition coefficient (Wildman–Crippen LogP) is 3.34. The molecule has 0 bridgehead atoms. The minimum Gasteiger partial charge on any atom is -0.290 e. The number of hydrogen-bond acceptors (Lipinski definition) is 5. The first-order chi connectivity index (χ1) is 9.65. The van der Waals surface area contributed by atoms with Gasteiger partial charge in [-0.15, -0.1) is 11.3 Å². The van der Waals surface area contributed by atoms with Crippen LogP contribution in [0.5, 0.6) is 0 Å². The van der Waals surface area contributed by atoms with Gasteiger partial charge in [0.05, 0.1) is 5.52 Å². The monoisotopic (exact) mass is 323 g/mol. The minimum atomic E-state index is 0.00160. The van der Waals surface area contributed by atoms with Crippen LogP contribution >= 0.6 is 34.7 Å². The van der Waals surface area contributed by atoms with Crippen LogP contribution in [-0.4, -0.2) is 14.5 Å². The van der Waals surface area contributed by atoms with Crippen LogP contribution in [0.2, 0.25) is 5.15 Å². The summed E-state index contributed by atoms with van der Waals surface area (Å²) in [5.41, 5.74) is 1.80. The SMILES string of the molecule is Cn1c(SCc2ccc(Cl)nc2)nc2ccsc2c1=O. The maximum atomic E-state index is 12.2. The zero-order valence-corrected chi connectivity index (χ0v) is 12.9. The van der Waals surface area contributed by atoms with Crippen molar-refractivity contribution in [3.05, 3.63) is 50.8 Å². The van der Waals surface area contributed by atoms with Gasteiger partial charge in [-0.2, -0.15) is 0 Å². The highest BCUT2D eigenvalue weighted by molar-refractivity contribution is 7.98. The largest absolute Gasteiger partial charge is 0.290 e. The Bertz CT molecular complexity index is 811. The number of thioether (sulfide) groups is 1. The third-order valence-corrected chi connectivity index (χ3v) is 5.02. The lowest BCUT2D eigenvalue weighted by atomic mass is 10.3. The van der Waals surface area contributed by atoms with Crippen molar-refractivity contribution in [1.29, 1.82) is 0 Å². The third-order valence-electron chi connectivity index (χ3n) is 2.80. The van der Waals surface area contributed by atoms with Crippen LogP contribution in [0, 0.1) is 0 Å². The van der Waals surface area contributed by atoms with Gasteiger partial charge in [0.2, 0.25) is 0 Å². The molecule has 7 heteroatoms. The van der Waals surface area contributed by atoms with Gasteiger partial charge in [-0.05, 0) is 23.1 Å². The lowest BCUT2D eigenvalue weighted by Gasteiger charge is -2.06. The molecule has 0 saturated carbocycles. The quantitative estimate of drug-likeness (QED) is 0.421. The fourth-order valence-electron chi connectivity index (χ4n) is 1.74. The summed E-state index contributed by atoms with van der Waals surface area (Å²) in [6, 6.07) is 5.55. The highest BCUT2D eigenvalue weighted by Crippen LogP contribution is 2.23. The van der Waals surface area contributed by atoms with E-state index in [1.54, 1.807) is 23.9 Å². The molecule has 0 N–H and O–H groups in total. The molecule has 0 aromatic carbocycles. The summed E-state index contributed by atoms with van der Waals surface area (Å²) in [7, 11) is 1.75. The van der Waals surface area contributed by atoms with Crippen molar-refractivity contribution in [3.8, 4) is 0 Å². The van der Waals surface area contributed by atoms with E-state index in [4.69, 9.17) is 11.6 Å². The molecule has 0 unspecified atom stereocenters. The molecule has 0 radical (unpaired) electrons. The van der Waals surface area contributed by atoms with Crippen LogP contribution in [0.3, 0.4) is 0 Å². The third kappa shape index (κ3) is 2.59. The Hall–Kier alpha value is -1.37. The van der Waals surface area contributed by atoms with Gasteiger partial charge in [0.25, 0.3) is 5.56 Å². The van der Waals surface area contributed by atoms with Crippen molar-refractivity contribution < 1.29 is 0 Å². The van der Waals surface area contributed by atoms with E-state index < -0.39 is 0 Å². The molecule has 0 spiro atoms. The summed E-state index contributed by atoms with van der Waals surface area (Å²) in [5.74, 6) is 0.695. The number of thiophene rings is 1. The van der Waals surface area contributed by atoms with Crippen LogP contribution < -0.4 is 5.56 Å². The first-order valence-electron chi connectivity index (χ1n) is 5.82. The molecule has 3 aromatic heterocycles. The van der Waals surface area contributed by atoms with Crippen LogP contribution in [0.4, 0.5) is 0 Å². The van der Waals surface area contributed by atoms with Crippen LogP contribution in [0.15, 0.2) is 39.7 Å². The van der Waals surface area contributed by atoms with E-state index in [0.29, 0.717) is 20.8 Å². The molecule has 0 aliphatic carbocycles. The number of hydrogen-bond donors (Lipinski definition) is 0. The first kappa shape index (κ1) is 13.6. The summed E-state index contributed by atoms with van der Waals surface area (Å²) < 4.78 is 2.29. The molecule has 102 valence electrons. The fourth-order valence-corrected chi connectivity index (χ4v) is 3.56. The predicted molar refractivity (Wildman–Crippen MR) is 83.7 cm³/mol. The van der Waals surface area contributed by atoms with Gasteiger partial charge in [0.1, 0.15) is 9.85 Å². The lowest BCUT2D eigenvalue weighted by Crippen LogP contribution is -2.18. The topological polar surface area (TPSA) is 47.8 Å². The Morgan fingerprint density at radius 1 is 1.40 bits per heavy atom. The fraction of sp³-hybridized carbons (Fsp3) is 0.154. The number of rotatable bonds is 3. The summed E-state index contributed by atoms with van der Waals surface area (Å²) in [6.07, 6.45) is 1.73. The highest BCUT2D eigenvalue weighted by Gasteiger charge is 2.09. The maximum Gasteiger partial charge on any atom is 0.271 e. The van der Waals surface area contributed by atoms with Crippen molar-refractivity contribution in [2.75, 3.05) is 0 Å². The number of pyridine rings is 1. The average Bonchev–Trinajstić information content (AvgIpc) is 2.91. The Morgan fingerprint density at radius 3 is 3.00 bits per heavy atom. The van der Waals surface area contributed by atoms with Crippen LogP contribution in [-0.2, 0) is 12.8 Å². The number of halogens is 1. The van der Waals surface area contributed by atoms with Crippen molar-refractivity contribution in [3.63, 3.8) is 0 Å². The van der Waals surface area contributed by atoms with Gasteiger partial charge in [-0.25, -0.2) is 9.97 Å². The van der Waals surface area contributed by atoms with Crippen LogP contribution in [0.1, 0.15) is 5.56 Å². The molecule has 0 aliphatic heterocycles. The summed E-state index contributed by atoms with van der Waals surface area (Å²) in [6.45, 7) is 0. The zero-order chi connectivity index (χ0) is 14.1. The summed E-state index contributed by atoms with van der Waals surface area (Å²) in [5, 5.41) is 3.07. The second-order valence-electron chi connectivity index (χ2n) is 4.17. The first-order valence-corrected chi connectivity index (χ1v) is 8.07. The van der Waals surface area contributed by atoms with Gasteiger partial charge in [0, 0.05) is 19.0 Å². The second-order valence-corrected chi connectivity index (χ2v) is 6.42. The van der Waals surface area contributed by atoms with E-state index in [1.165, 1.54) is 23.1 Å². The van der Waals surface area contributed by atoms with Gasteiger partial charge < -0.3 is 0 Å². The van der Waals surface area contributed by atoms with Crippen molar-refractivity contribution in [1.82, 2.24) is 14.5 Å². The molecular weight excluding hydrogens is 314 g/mol. The number of fused-ring (bicyclic) bond motifs is 1. The Balaban J connectivity index is 1.89. The molecular formula is C13H10ClN3OS2. The van der Waals surface area contributed by atoms with E-state index in [2.05, 4.69) is 9.97 Å². The normalized spacial score (nSPS) is 11.1. The van der Waals surface area contributed by atoms with Crippen molar-refractivity contribution in [2.45, 2.75) is 10.9 Å². The van der Waals surface area contributed by atoms with Crippen LogP contribution in [0.25, 0.3) is 10.2 Å². The highest BCUT2D eigenvalue weighted by atomic mass is 35.5. The molecule has 0 fully saturated rings.